The summed E-state index contributed by atoms with van der Waals surface area (Å²) in [5.41, 5.74) is 11.0. The van der Waals surface area contributed by atoms with E-state index < -0.39 is 10.8 Å². The van der Waals surface area contributed by atoms with Gasteiger partial charge in [0.1, 0.15) is 28.8 Å². The predicted octanol–water partition coefficient (Wildman–Crippen LogP) is 4.18. The zero-order chi connectivity index (χ0) is 27.1. The summed E-state index contributed by atoms with van der Waals surface area (Å²) in [6.07, 6.45) is 0. The maximum atomic E-state index is 11.5. The number of nitrogens with zero attached hydrogens (tertiary/aromatic N) is 6. The highest BCUT2D eigenvalue weighted by Gasteiger charge is 2.36. The van der Waals surface area contributed by atoms with Crippen molar-refractivity contribution in [2.24, 2.45) is 5.73 Å². The molecule has 3 heterocycles. The van der Waals surface area contributed by atoms with Gasteiger partial charge >= 0.3 is 5.69 Å². The molecule has 0 fully saturated rings. The fraction of sp³-hybridized carbons (Fsp3) is 0.222. The van der Waals surface area contributed by atoms with Crippen molar-refractivity contribution in [1.82, 2.24) is 19.6 Å². The summed E-state index contributed by atoms with van der Waals surface area (Å²) in [5, 5.41) is 30.7. The molecule has 1 aliphatic rings. The first-order valence-corrected chi connectivity index (χ1v) is 11.8. The van der Waals surface area contributed by atoms with Gasteiger partial charge in [-0.2, -0.15) is 15.5 Å². The number of methoxy groups -OCH3 is 1. The lowest BCUT2D eigenvalue weighted by Crippen LogP contribution is -2.22. The van der Waals surface area contributed by atoms with Gasteiger partial charge in [-0.05, 0) is 50.6 Å². The molecule has 192 valence electrons. The Hall–Kier alpha value is -5.11. The molecular formula is C27H25N7O4. The highest BCUT2D eigenvalue weighted by molar-refractivity contribution is 5.58. The highest BCUT2D eigenvalue weighted by atomic mass is 16.6. The van der Waals surface area contributed by atoms with E-state index in [1.807, 2.05) is 55.5 Å². The molecule has 38 heavy (non-hydrogen) atoms. The molecule has 11 heteroatoms. The van der Waals surface area contributed by atoms with E-state index in [0.29, 0.717) is 28.7 Å². The minimum Gasteiger partial charge on any atom is -0.496 e. The molecule has 2 aromatic heterocycles. The van der Waals surface area contributed by atoms with Crippen LogP contribution in [-0.2, 0) is 6.54 Å². The van der Waals surface area contributed by atoms with Gasteiger partial charge in [-0.3, -0.25) is 14.8 Å². The number of hydrogen-bond donors (Lipinski definition) is 1. The van der Waals surface area contributed by atoms with Crippen molar-refractivity contribution in [3.63, 3.8) is 0 Å². The Morgan fingerprint density at radius 2 is 1.89 bits per heavy atom. The van der Waals surface area contributed by atoms with Crippen molar-refractivity contribution >= 4 is 5.69 Å². The van der Waals surface area contributed by atoms with Crippen LogP contribution in [0, 0.1) is 42.2 Å². The fourth-order valence-electron chi connectivity index (χ4n) is 4.96. The van der Waals surface area contributed by atoms with Crippen molar-refractivity contribution in [2.45, 2.75) is 33.2 Å². The van der Waals surface area contributed by atoms with Gasteiger partial charge in [0.05, 0.1) is 41.4 Å². The molecule has 5 rings (SSSR count). The Balaban J connectivity index is 1.65. The van der Waals surface area contributed by atoms with Crippen molar-refractivity contribution in [3.05, 3.63) is 104 Å². The Labute approximate surface area is 218 Å². The lowest BCUT2D eigenvalue weighted by atomic mass is 9.83. The van der Waals surface area contributed by atoms with Crippen LogP contribution < -0.4 is 15.2 Å². The summed E-state index contributed by atoms with van der Waals surface area (Å²) in [4.78, 5) is 11.1. The van der Waals surface area contributed by atoms with Gasteiger partial charge in [-0.25, -0.2) is 4.68 Å². The molecule has 0 amide bonds. The molecular weight excluding hydrogens is 486 g/mol. The smallest absolute Gasteiger partial charge is 0.312 e. The van der Waals surface area contributed by atoms with E-state index in [0.717, 1.165) is 22.4 Å². The first-order chi connectivity index (χ1) is 18.2. The molecule has 2 aromatic carbocycles. The summed E-state index contributed by atoms with van der Waals surface area (Å²) in [6, 6.07) is 17.3. The lowest BCUT2D eigenvalue weighted by Gasteiger charge is -2.25. The van der Waals surface area contributed by atoms with Gasteiger partial charge in [0.25, 0.3) is 0 Å². The number of rotatable bonds is 6. The first kappa shape index (κ1) is 24.6. The van der Waals surface area contributed by atoms with Crippen LogP contribution in [0.25, 0.3) is 5.69 Å². The zero-order valence-electron chi connectivity index (χ0n) is 21.3. The Morgan fingerprint density at radius 1 is 1.16 bits per heavy atom. The summed E-state index contributed by atoms with van der Waals surface area (Å²) in [5.74, 6) is 0.499. The van der Waals surface area contributed by atoms with Crippen LogP contribution in [0.5, 0.6) is 11.6 Å². The van der Waals surface area contributed by atoms with E-state index in [-0.39, 0.29) is 23.7 Å². The van der Waals surface area contributed by atoms with Gasteiger partial charge < -0.3 is 15.2 Å². The number of nitriles is 1. The molecule has 0 aliphatic carbocycles. The van der Waals surface area contributed by atoms with Crippen molar-refractivity contribution in [2.75, 3.05) is 7.11 Å². The summed E-state index contributed by atoms with van der Waals surface area (Å²) in [6.45, 7) is 5.37. The van der Waals surface area contributed by atoms with Crippen LogP contribution >= 0.6 is 0 Å². The van der Waals surface area contributed by atoms with Gasteiger partial charge in [0.15, 0.2) is 0 Å². The Bertz CT molecular complexity index is 1640. The largest absolute Gasteiger partial charge is 0.496 e. The summed E-state index contributed by atoms with van der Waals surface area (Å²) in [7, 11) is 1.56. The summed E-state index contributed by atoms with van der Waals surface area (Å²) >= 11 is 0. The van der Waals surface area contributed by atoms with Crippen LogP contribution in [0.1, 0.15) is 39.7 Å². The van der Waals surface area contributed by atoms with E-state index >= 15 is 0 Å². The molecule has 2 N–H and O–H groups in total. The molecule has 1 atom stereocenters. The number of aromatic nitrogens is 4. The fourth-order valence-corrected chi connectivity index (χ4v) is 4.96. The maximum absolute atomic E-state index is 11.5. The molecule has 0 saturated carbocycles. The molecule has 0 saturated heterocycles. The van der Waals surface area contributed by atoms with Crippen LogP contribution in [0.15, 0.2) is 60.0 Å². The summed E-state index contributed by atoms with van der Waals surface area (Å²) < 4.78 is 14.8. The van der Waals surface area contributed by atoms with Crippen molar-refractivity contribution in [3.8, 4) is 23.4 Å². The number of ether oxygens (including phenoxy) is 2. The molecule has 0 spiro atoms. The number of para-hydroxylation sites is 1. The van der Waals surface area contributed by atoms with Crippen LogP contribution in [0.2, 0.25) is 0 Å². The lowest BCUT2D eigenvalue weighted by molar-refractivity contribution is -0.386. The Kier molecular flexibility index (Phi) is 6.08. The van der Waals surface area contributed by atoms with Crippen molar-refractivity contribution in [1.29, 1.82) is 5.26 Å². The SMILES string of the molecule is COc1ccc([C@@H]2C(C#N)=C(N)Oc3c2c(C)nn3-c2ccccc2)cc1Cn1nc(C)c([N+](=O)[O-])c1C. The zero-order valence-corrected chi connectivity index (χ0v) is 21.3. The Morgan fingerprint density at radius 3 is 2.53 bits per heavy atom. The number of nitro groups is 1. The first-order valence-electron chi connectivity index (χ1n) is 11.8. The average Bonchev–Trinajstić information content (AvgIpc) is 3.38. The van der Waals surface area contributed by atoms with Gasteiger partial charge in [0.2, 0.25) is 11.8 Å². The minimum absolute atomic E-state index is 0.00798. The van der Waals surface area contributed by atoms with E-state index in [4.69, 9.17) is 20.3 Å². The van der Waals surface area contributed by atoms with Gasteiger partial charge in [0, 0.05) is 5.56 Å². The highest BCUT2D eigenvalue weighted by Crippen LogP contribution is 2.45. The number of nitrogens with two attached hydrogens (primary N) is 1. The maximum Gasteiger partial charge on any atom is 0.312 e. The molecule has 0 unspecified atom stereocenters. The number of aryl methyl sites for hydroxylation is 2. The molecule has 1 aliphatic heterocycles. The van der Waals surface area contributed by atoms with Crippen LogP contribution in [-0.4, -0.2) is 31.6 Å². The number of fused-ring (bicyclic) bond motifs is 1. The van der Waals surface area contributed by atoms with Crippen molar-refractivity contribution < 1.29 is 14.4 Å². The second kappa shape index (κ2) is 9.40. The van der Waals surface area contributed by atoms with E-state index in [9.17, 15) is 15.4 Å². The number of benzene rings is 2. The second-order valence-corrected chi connectivity index (χ2v) is 8.98. The third kappa shape index (κ3) is 3.92. The standard InChI is InChI=1S/C27H25N7O4/c1-15-23-24(21(13-28)26(29)38-27(23)33(31-15)20-8-6-5-7-9-20)18-10-11-22(37-4)19(12-18)14-32-17(3)25(34(35)36)16(2)30-32/h5-12,24H,14,29H2,1-4H3/t24-/m1/s1. The van der Waals surface area contributed by atoms with E-state index in [1.165, 1.54) is 0 Å². The van der Waals surface area contributed by atoms with E-state index in [2.05, 4.69) is 11.2 Å². The monoisotopic (exact) mass is 511 g/mol. The quantitative estimate of drug-likeness (QED) is 0.300. The molecule has 0 radical (unpaired) electrons. The van der Waals surface area contributed by atoms with Crippen LogP contribution in [0.4, 0.5) is 5.69 Å². The average molecular weight is 512 g/mol. The number of allylic oxidation sites excluding steroid dienone is 1. The van der Waals surface area contributed by atoms with Crippen LogP contribution in [0.3, 0.4) is 0 Å². The molecule has 0 bridgehead atoms. The number of hydrogen-bond acceptors (Lipinski definition) is 8. The molecule has 11 nitrogen and oxygen atoms in total. The van der Waals surface area contributed by atoms with Gasteiger partial charge in [-0.15, -0.1) is 0 Å². The predicted molar refractivity (Wildman–Crippen MR) is 138 cm³/mol. The molecule has 4 aromatic rings. The minimum atomic E-state index is -0.541. The third-order valence-electron chi connectivity index (χ3n) is 6.72. The second-order valence-electron chi connectivity index (χ2n) is 8.98. The van der Waals surface area contributed by atoms with E-state index in [1.54, 1.807) is 30.3 Å². The normalized spacial score (nSPS) is 14.6. The topological polar surface area (TPSA) is 147 Å². The van der Waals surface area contributed by atoms with Gasteiger partial charge in [-0.1, -0.05) is 24.3 Å². The third-order valence-corrected chi connectivity index (χ3v) is 6.72.